The predicted octanol–water partition coefficient (Wildman–Crippen LogP) is 4.56. The first-order chi connectivity index (χ1) is 9.56. The molecule has 0 radical (unpaired) electrons. The van der Waals surface area contributed by atoms with Crippen LogP contribution in [0.1, 0.15) is 11.1 Å². The van der Waals surface area contributed by atoms with Crippen molar-refractivity contribution in [1.29, 1.82) is 0 Å². The van der Waals surface area contributed by atoms with Crippen LogP contribution in [0.2, 0.25) is 0 Å². The quantitative estimate of drug-likeness (QED) is 0.457. The molecule has 0 fully saturated rings. The van der Waals surface area contributed by atoms with Crippen LogP contribution in [-0.4, -0.2) is 0 Å². The smallest absolute Gasteiger partial charge is 0.204 e. The fourth-order valence-electron chi connectivity index (χ4n) is 1.63. The van der Waals surface area contributed by atoms with E-state index >= 15 is 0 Å². The minimum atomic E-state index is -1.59. The van der Waals surface area contributed by atoms with Gasteiger partial charge in [0.25, 0.3) is 0 Å². The van der Waals surface area contributed by atoms with E-state index in [2.05, 4.69) is 0 Å². The number of hydrogen-bond acceptors (Lipinski definition) is 1. The highest BCUT2D eigenvalue weighted by Crippen LogP contribution is 2.31. The normalized spacial score (nSPS) is 10.7. The van der Waals surface area contributed by atoms with Crippen LogP contribution in [0.15, 0.2) is 30.3 Å². The summed E-state index contributed by atoms with van der Waals surface area (Å²) in [7, 11) is 0. The van der Waals surface area contributed by atoms with E-state index in [1.807, 2.05) is 0 Å². The van der Waals surface area contributed by atoms with Gasteiger partial charge in [0, 0.05) is 5.56 Å². The molecule has 2 aromatic rings. The van der Waals surface area contributed by atoms with Crippen LogP contribution in [0.5, 0.6) is 5.75 Å². The second-order valence-corrected chi connectivity index (χ2v) is 4.24. The Bertz CT molecular complexity index is 587. The molecule has 0 bridgehead atoms. The Balaban J connectivity index is 2.33. The average Bonchev–Trinajstić information content (AvgIpc) is 2.47. The van der Waals surface area contributed by atoms with E-state index in [0.717, 1.165) is 0 Å². The maximum Gasteiger partial charge on any atom is 0.204 e. The molecule has 2 aromatic carbocycles. The Morgan fingerprint density at radius 2 is 1.40 bits per heavy atom. The van der Waals surface area contributed by atoms with Crippen molar-refractivity contribution in [2.75, 3.05) is 0 Å². The fraction of sp³-hybridized carbons (Fsp3) is 0.143. The molecular weight excluding hydrogens is 296 g/mol. The summed E-state index contributed by atoms with van der Waals surface area (Å²) >= 11 is 5.25. The van der Waals surface area contributed by atoms with Crippen LogP contribution >= 0.6 is 11.6 Å². The predicted molar refractivity (Wildman–Crippen MR) is 66.6 cm³/mol. The molecule has 0 heterocycles. The third-order valence-electron chi connectivity index (χ3n) is 2.67. The molecule has 106 valence electrons. The second-order valence-electron chi connectivity index (χ2n) is 3.97. The lowest BCUT2D eigenvalue weighted by Gasteiger charge is -2.12. The molecule has 0 aromatic heterocycles. The number of benzene rings is 2. The zero-order valence-corrected chi connectivity index (χ0v) is 10.9. The summed E-state index contributed by atoms with van der Waals surface area (Å²) in [5, 5.41) is 0. The van der Waals surface area contributed by atoms with Gasteiger partial charge in [0.05, 0.1) is 5.88 Å². The Morgan fingerprint density at radius 1 is 0.850 bits per heavy atom. The highest BCUT2D eigenvalue weighted by atomic mass is 35.5. The van der Waals surface area contributed by atoms with Crippen molar-refractivity contribution in [2.24, 2.45) is 0 Å². The first-order valence-electron chi connectivity index (χ1n) is 5.63. The highest BCUT2D eigenvalue weighted by molar-refractivity contribution is 6.17. The van der Waals surface area contributed by atoms with E-state index in [-0.39, 0.29) is 6.61 Å². The molecule has 0 N–H and O–H groups in total. The Hall–Kier alpha value is -1.75. The molecule has 0 saturated carbocycles. The molecule has 2 rings (SSSR count). The first kappa shape index (κ1) is 14.7. The summed E-state index contributed by atoms with van der Waals surface area (Å²) in [4.78, 5) is 0. The van der Waals surface area contributed by atoms with Gasteiger partial charge in [-0.15, -0.1) is 11.6 Å². The molecule has 0 aliphatic carbocycles. The number of alkyl halides is 1. The molecule has 0 spiro atoms. The maximum absolute atomic E-state index is 13.6. The molecule has 0 atom stereocenters. The van der Waals surface area contributed by atoms with Crippen molar-refractivity contribution in [3.05, 3.63) is 64.7 Å². The van der Waals surface area contributed by atoms with Crippen LogP contribution in [0.3, 0.4) is 0 Å². The SMILES string of the molecule is Fc1c(F)c(OCc2ccccc2)c(F)c(F)c1CCl. The molecule has 20 heavy (non-hydrogen) atoms. The summed E-state index contributed by atoms with van der Waals surface area (Å²) in [6, 6.07) is 8.44. The van der Waals surface area contributed by atoms with Gasteiger partial charge in [-0.3, -0.25) is 0 Å². The molecule has 0 saturated heterocycles. The molecule has 6 heteroatoms. The van der Waals surface area contributed by atoms with Crippen molar-refractivity contribution in [2.45, 2.75) is 12.5 Å². The zero-order chi connectivity index (χ0) is 14.7. The Labute approximate surface area is 117 Å². The maximum atomic E-state index is 13.6. The van der Waals surface area contributed by atoms with Gasteiger partial charge in [0.15, 0.2) is 17.4 Å². The lowest BCUT2D eigenvalue weighted by Crippen LogP contribution is -2.07. The fourth-order valence-corrected chi connectivity index (χ4v) is 1.87. The summed E-state index contributed by atoms with van der Waals surface area (Å²) < 4.78 is 59.1. The highest BCUT2D eigenvalue weighted by Gasteiger charge is 2.26. The molecule has 1 nitrogen and oxygen atoms in total. The van der Waals surface area contributed by atoms with Gasteiger partial charge in [-0.2, -0.15) is 8.78 Å². The standard InChI is InChI=1S/C14H9ClF4O/c15-6-9-10(16)12(18)14(13(19)11(9)17)20-7-8-4-2-1-3-5-8/h1-5H,6-7H2. The van der Waals surface area contributed by atoms with Crippen LogP contribution in [0.4, 0.5) is 17.6 Å². The van der Waals surface area contributed by atoms with Crippen LogP contribution < -0.4 is 4.74 Å². The van der Waals surface area contributed by atoms with Gasteiger partial charge in [0.2, 0.25) is 11.6 Å². The zero-order valence-electron chi connectivity index (χ0n) is 10.1. The third-order valence-corrected chi connectivity index (χ3v) is 2.94. The van der Waals surface area contributed by atoms with E-state index in [1.54, 1.807) is 30.3 Å². The van der Waals surface area contributed by atoms with Gasteiger partial charge in [0.1, 0.15) is 6.61 Å². The topological polar surface area (TPSA) is 9.23 Å². The van der Waals surface area contributed by atoms with Crippen LogP contribution in [-0.2, 0) is 12.5 Å². The summed E-state index contributed by atoms with van der Waals surface area (Å²) in [6.07, 6.45) is 0. The largest absolute Gasteiger partial charge is 0.483 e. The van der Waals surface area contributed by atoms with Crippen LogP contribution in [0.25, 0.3) is 0 Å². The van der Waals surface area contributed by atoms with Gasteiger partial charge in [-0.1, -0.05) is 30.3 Å². The monoisotopic (exact) mass is 304 g/mol. The Kier molecular flexibility index (Phi) is 4.49. The van der Waals surface area contributed by atoms with Crippen molar-refractivity contribution in [3.8, 4) is 5.75 Å². The van der Waals surface area contributed by atoms with E-state index < -0.39 is 40.5 Å². The van der Waals surface area contributed by atoms with Gasteiger partial charge >= 0.3 is 0 Å². The number of ether oxygens (including phenoxy) is 1. The van der Waals surface area contributed by atoms with E-state index in [1.165, 1.54) is 0 Å². The van der Waals surface area contributed by atoms with Gasteiger partial charge in [-0.25, -0.2) is 8.78 Å². The van der Waals surface area contributed by atoms with Crippen molar-refractivity contribution < 1.29 is 22.3 Å². The van der Waals surface area contributed by atoms with Gasteiger partial charge < -0.3 is 4.74 Å². The minimum absolute atomic E-state index is 0.215. The second kappa shape index (κ2) is 6.13. The molecule has 0 unspecified atom stereocenters. The van der Waals surface area contributed by atoms with E-state index in [4.69, 9.17) is 16.3 Å². The van der Waals surface area contributed by atoms with Crippen molar-refractivity contribution >= 4 is 11.6 Å². The minimum Gasteiger partial charge on any atom is -0.483 e. The number of hydrogen-bond donors (Lipinski definition) is 0. The van der Waals surface area contributed by atoms with Crippen LogP contribution in [0, 0.1) is 23.3 Å². The van der Waals surface area contributed by atoms with E-state index in [9.17, 15) is 17.6 Å². The number of rotatable bonds is 4. The average molecular weight is 305 g/mol. The summed E-state index contributed by atoms with van der Waals surface area (Å²) in [6.45, 7) is -0.215. The van der Waals surface area contributed by atoms with Gasteiger partial charge in [-0.05, 0) is 5.56 Å². The lowest BCUT2D eigenvalue weighted by atomic mass is 10.2. The summed E-state index contributed by atoms with van der Waals surface area (Å²) in [5.41, 5.74) is -0.248. The third kappa shape index (κ3) is 2.72. The Morgan fingerprint density at radius 3 is 1.90 bits per heavy atom. The lowest BCUT2D eigenvalue weighted by molar-refractivity contribution is 0.260. The number of halogens is 5. The molecule has 0 amide bonds. The van der Waals surface area contributed by atoms with Crippen molar-refractivity contribution in [1.82, 2.24) is 0 Å². The van der Waals surface area contributed by atoms with E-state index in [0.29, 0.717) is 5.56 Å². The molecule has 0 aliphatic rings. The summed E-state index contributed by atoms with van der Waals surface area (Å²) in [5.74, 6) is -8.02. The molecule has 0 aliphatic heterocycles. The first-order valence-corrected chi connectivity index (χ1v) is 6.17. The molecular formula is C14H9ClF4O. The van der Waals surface area contributed by atoms with Crippen molar-refractivity contribution in [3.63, 3.8) is 0 Å².